The molecular weight excluding hydrogens is 225 g/mol. The molecule has 2 aromatic rings. The van der Waals surface area contributed by atoms with Gasteiger partial charge in [0.1, 0.15) is 0 Å². The van der Waals surface area contributed by atoms with Crippen LogP contribution in [0.2, 0.25) is 0 Å². The van der Waals surface area contributed by atoms with Crippen molar-refractivity contribution in [1.29, 1.82) is 0 Å². The van der Waals surface area contributed by atoms with Crippen molar-refractivity contribution in [3.05, 3.63) is 59.7 Å². The fraction of sp³-hybridized carbons (Fsp3) is 0.143. The number of aryl methyl sites for hydroxylation is 1. The Morgan fingerprint density at radius 3 is 2.24 bits per heavy atom. The zero-order valence-corrected chi connectivity index (χ0v) is 9.18. The van der Waals surface area contributed by atoms with Crippen LogP contribution in [0.25, 0.3) is 11.1 Å². The third-order valence-electron chi connectivity index (χ3n) is 2.50. The normalized spacial score (nSPS) is 11.5. The molecule has 0 aromatic heterocycles. The smallest absolute Gasteiger partial charge is 0.166 e. The molecule has 0 aliphatic rings. The van der Waals surface area contributed by atoms with Crippen LogP contribution in [0.1, 0.15) is 11.1 Å². The number of rotatable bonds is 1. The van der Waals surface area contributed by atoms with Crippen LogP contribution in [0.4, 0.5) is 13.2 Å². The van der Waals surface area contributed by atoms with E-state index in [4.69, 9.17) is 0 Å². The molecule has 2 aromatic carbocycles. The van der Waals surface area contributed by atoms with Crippen LogP contribution < -0.4 is 0 Å². The number of halogens is 3. The molecule has 0 fully saturated rings. The Bertz CT molecular complexity index is 510. The number of hydrogen-bond donors (Lipinski definition) is 0. The molecule has 3 heteroatoms. The summed E-state index contributed by atoms with van der Waals surface area (Å²) in [7, 11) is 0. The number of hydrogen-bond acceptors (Lipinski definition) is 0. The van der Waals surface area contributed by atoms with E-state index in [2.05, 4.69) is 6.07 Å². The van der Waals surface area contributed by atoms with E-state index in [0.717, 1.165) is 5.56 Å². The maximum Gasteiger partial charge on any atom is 0.417 e. The standard InChI is InChI=1S/C14H10F3/c1-10-6-8-11(9-7-10)12-4-2-3-5-13(12)14(15,16)17/h2-4,6-9H,1H3. The van der Waals surface area contributed by atoms with Gasteiger partial charge >= 0.3 is 6.18 Å². The maximum atomic E-state index is 12.8. The fourth-order valence-corrected chi connectivity index (χ4v) is 1.65. The Hall–Kier alpha value is -1.77. The molecule has 17 heavy (non-hydrogen) atoms. The van der Waals surface area contributed by atoms with Crippen molar-refractivity contribution < 1.29 is 13.2 Å². The van der Waals surface area contributed by atoms with Gasteiger partial charge < -0.3 is 0 Å². The summed E-state index contributed by atoms with van der Waals surface area (Å²) < 4.78 is 38.3. The van der Waals surface area contributed by atoms with Gasteiger partial charge in [-0.2, -0.15) is 13.2 Å². The van der Waals surface area contributed by atoms with E-state index < -0.39 is 11.7 Å². The summed E-state index contributed by atoms with van der Waals surface area (Å²) in [4.78, 5) is 0. The van der Waals surface area contributed by atoms with Gasteiger partial charge in [0.15, 0.2) is 0 Å². The first-order valence-corrected chi connectivity index (χ1v) is 5.13. The predicted molar refractivity (Wildman–Crippen MR) is 60.5 cm³/mol. The van der Waals surface area contributed by atoms with Crippen LogP contribution in [0.3, 0.4) is 0 Å². The van der Waals surface area contributed by atoms with Crippen molar-refractivity contribution in [3.63, 3.8) is 0 Å². The van der Waals surface area contributed by atoms with Gasteiger partial charge in [-0.05, 0) is 24.1 Å². The van der Waals surface area contributed by atoms with Crippen LogP contribution in [0, 0.1) is 13.0 Å². The number of alkyl halides is 3. The van der Waals surface area contributed by atoms with Gasteiger partial charge in [-0.3, -0.25) is 0 Å². The van der Waals surface area contributed by atoms with Crippen molar-refractivity contribution in [2.45, 2.75) is 13.1 Å². The van der Waals surface area contributed by atoms with Crippen LogP contribution >= 0.6 is 0 Å². The summed E-state index contributed by atoms with van der Waals surface area (Å²) in [6.07, 6.45) is -4.37. The molecule has 0 N–H and O–H groups in total. The van der Waals surface area contributed by atoms with Gasteiger partial charge in [0, 0.05) is 0 Å². The highest BCUT2D eigenvalue weighted by Gasteiger charge is 2.33. The van der Waals surface area contributed by atoms with E-state index in [-0.39, 0.29) is 5.56 Å². The molecule has 0 unspecified atom stereocenters. The van der Waals surface area contributed by atoms with E-state index in [1.165, 1.54) is 12.1 Å². The lowest BCUT2D eigenvalue weighted by molar-refractivity contribution is -0.137. The molecule has 0 bridgehead atoms. The second-order valence-electron chi connectivity index (χ2n) is 3.82. The van der Waals surface area contributed by atoms with Crippen molar-refractivity contribution >= 4 is 0 Å². The summed E-state index contributed by atoms with van der Waals surface area (Å²) >= 11 is 0. The zero-order chi connectivity index (χ0) is 12.5. The lowest BCUT2D eigenvalue weighted by Gasteiger charge is -2.12. The van der Waals surface area contributed by atoms with E-state index in [0.29, 0.717) is 5.56 Å². The van der Waals surface area contributed by atoms with Crippen LogP contribution in [0.5, 0.6) is 0 Å². The summed E-state index contributed by atoms with van der Waals surface area (Å²) in [6, 6.07) is 13.5. The van der Waals surface area contributed by atoms with Gasteiger partial charge in [-0.15, -0.1) is 0 Å². The first-order chi connectivity index (χ1) is 7.98. The van der Waals surface area contributed by atoms with Gasteiger partial charge in [-0.1, -0.05) is 48.0 Å². The van der Waals surface area contributed by atoms with Crippen molar-refractivity contribution in [3.8, 4) is 11.1 Å². The lowest BCUT2D eigenvalue weighted by atomic mass is 9.98. The molecule has 0 heterocycles. The van der Waals surface area contributed by atoms with Crippen LogP contribution in [-0.2, 0) is 6.18 Å². The molecule has 0 saturated carbocycles. The average Bonchev–Trinajstić information content (AvgIpc) is 2.29. The topological polar surface area (TPSA) is 0 Å². The van der Waals surface area contributed by atoms with E-state index >= 15 is 0 Å². The third-order valence-corrected chi connectivity index (χ3v) is 2.50. The Kier molecular flexibility index (Phi) is 2.92. The second-order valence-corrected chi connectivity index (χ2v) is 3.82. The van der Waals surface area contributed by atoms with Crippen LogP contribution in [0.15, 0.2) is 42.5 Å². The van der Waals surface area contributed by atoms with E-state index in [1.807, 2.05) is 6.92 Å². The van der Waals surface area contributed by atoms with Crippen molar-refractivity contribution in [1.82, 2.24) is 0 Å². The first-order valence-electron chi connectivity index (χ1n) is 5.13. The van der Waals surface area contributed by atoms with Gasteiger partial charge in [0.25, 0.3) is 0 Å². The lowest BCUT2D eigenvalue weighted by Crippen LogP contribution is -2.07. The third kappa shape index (κ3) is 2.49. The molecule has 0 amide bonds. The summed E-state index contributed by atoms with van der Waals surface area (Å²) in [5.74, 6) is 0. The molecule has 87 valence electrons. The Labute approximate surface area is 97.7 Å². The average molecular weight is 235 g/mol. The minimum absolute atomic E-state index is 0.167. The van der Waals surface area contributed by atoms with Crippen molar-refractivity contribution in [2.24, 2.45) is 0 Å². The maximum absolute atomic E-state index is 12.8. The molecule has 0 nitrogen and oxygen atoms in total. The summed E-state index contributed by atoms with van der Waals surface area (Å²) in [6.45, 7) is 1.89. The fourth-order valence-electron chi connectivity index (χ4n) is 1.65. The molecule has 0 spiro atoms. The molecule has 0 aliphatic carbocycles. The minimum Gasteiger partial charge on any atom is -0.166 e. The summed E-state index contributed by atoms with van der Waals surface area (Å²) in [5.41, 5.74) is 1.02. The Morgan fingerprint density at radius 2 is 1.65 bits per heavy atom. The molecule has 0 saturated heterocycles. The van der Waals surface area contributed by atoms with Gasteiger partial charge in [-0.25, -0.2) is 0 Å². The van der Waals surface area contributed by atoms with Gasteiger partial charge in [0.2, 0.25) is 0 Å². The van der Waals surface area contributed by atoms with E-state index in [1.54, 1.807) is 30.3 Å². The number of benzene rings is 2. The minimum atomic E-state index is -4.37. The highest BCUT2D eigenvalue weighted by Crippen LogP contribution is 2.36. The van der Waals surface area contributed by atoms with E-state index in [9.17, 15) is 13.2 Å². The zero-order valence-electron chi connectivity index (χ0n) is 9.18. The molecule has 0 aliphatic heterocycles. The predicted octanol–water partition coefficient (Wildman–Crippen LogP) is 4.48. The molecule has 2 rings (SSSR count). The van der Waals surface area contributed by atoms with Crippen LogP contribution in [-0.4, -0.2) is 0 Å². The quantitative estimate of drug-likeness (QED) is 0.683. The molecule has 1 radical (unpaired) electrons. The SMILES string of the molecule is Cc1ccc(-c2ccc[c]c2C(F)(F)F)cc1. The Balaban J connectivity index is 2.56. The largest absolute Gasteiger partial charge is 0.417 e. The monoisotopic (exact) mass is 235 g/mol. The molecule has 0 atom stereocenters. The Morgan fingerprint density at radius 1 is 1.00 bits per heavy atom. The molecular formula is C14H10F3. The second kappa shape index (κ2) is 4.24. The highest BCUT2D eigenvalue weighted by atomic mass is 19.4. The first kappa shape index (κ1) is 11.7. The highest BCUT2D eigenvalue weighted by molar-refractivity contribution is 5.67. The van der Waals surface area contributed by atoms with Crippen molar-refractivity contribution in [2.75, 3.05) is 0 Å². The van der Waals surface area contributed by atoms with Gasteiger partial charge in [0.05, 0.1) is 5.56 Å². The summed E-state index contributed by atoms with van der Waals surface area (Å²) in [5, 5.41) is 0.